The Morgan fingerprint density at radius 2 is 1.96 bits per heavy atom. The molecule has 146 valence electrons. The largest absolute Gasteiger partial charge is 0.493 e. The van der Waals surface area contributed by atoms with Gasteiger partial charge >= 0.3 is 0 Å². The number of benzene rings is 1. The topological polar surface area (TPSA) is 94.2 Å². The Morgan fingerprint density at radius 1 is 1.23 bits per heavy atom. The molecule has 1 N–H and O–H groups in total. The molecule has 1 aromatic carbocycles. The Bertz CT molecular complexity index is 722. The number of sulfonamides is 1. The predicted molar refractivity (Wildman–Crippen MR) is 95.9 cm³/mol. The van der Waals surface area contributed by atoms with Gasteiger partial charge in [-0.1, -0.05) is 0 Å². The monoisotopic (exact) mass is 386 g/mol. The standard InChI is InChI=1S/C17H26N2O6S/c1-23-10-8-18-17(20)13-5-4-9-19(12-13)26(21,22)14-6-7-15(24-2)16(11-14)25-3/h6-7,11,13H,4-5,8-10,12H2,1-3H3,(H,18,20)/t13-/m1/s1. The third-order valence-corrected chi connectivity index (χ3v) is 6.21. The normalized spacial score (nSPS) is 18.3. The summed E-state index contributed by atoms with van der Waals surface area (Å²) in [6, 6.07) is 4.49. The maximum Gasteiger partial charge on any atom is 0.243 e. The molecular formula is C17H26N2O6S. The molecule has 1 heterocycles. The van der Waals surface area contributed by atoms with Crippen LogP contribution in [0.3, 0.4) is 0 Å². The van der Waals surface area contributed by atoms with Crippen molar-refractivity contribution in [3.05, 3.63) is 18.2 Å². The number of methoxy groups -OCH3 is 3. The van der Waals surface area contributed by atoms with Crippen LogP contribution in [0.15, 0.2) is 23.1 Å². The third-order valence-electron chi connectivity index (χ3n) is 4.35. The van der Waals surface area contributed by atoms with Crippen LogP contribution >= 0.6 is 0 Å². The van der Waals surface area contributed by atoms with Gasteiger partial charge in [-0.2, -0.15) is 4.31 Å². The molecule has 0 saturated carbocycles. The molecule has 0 aromatic heterocycles. The average Bonchev–Trinajstić information content (AvgIpc) is 2.67. The number of hydrogen-bond donors (Lipinski definition) is 1. The number of hydrogen-bond acceptors (Lipinski definition) is 6. The molecule has 1 saturated heterocycles. The second kappa shape index (κ2) is 9.20. The minimum absolute atomic E-state index is 0.121. The zero-order valence-corrected chi connectivity index (χ0v) is 16.2. The fraction of sp³-hybridized carbons (Fsp3) is 0.588. The van der Waals surface area contributed by atoms with Gasteiger partial charge in [0.1, 0.15) is 0 Å². The van der Waals surface area contributed by atoms with Crippen molar-refractivity contribution >= 4 is 15.9 Å². The molecule has 1 aliphatic heterocycles. The first-order valence-electron chi connectivity index (χ1n) is 8.43. The van der Waals surface area contributed by atoms with Crippen molar-refractivity contribution in [3.63, 3.8) is 0 Å². The van der Waals surface area contributed by atoms with Crippen molar-refractivity contribution in [2.75, 3.05) is 47.6 Å². The summed E-state index contributed by atoms with van der Waals surface area (Å²) in [7, 11) is 0.785. The van der Waals surface area contributed by atoms with Crippen molar-refractivity contribution in [2.24, 2.45) is 5.92 Å². The van der Waals surface area contributed by atoms with Crippen molar-refractivity contribution in [1.82, 2.24) is 9.62 Å². The second-order valence-electron chi connectivity index (χ2n) is 6.00. The van der Waals surface area contributed by atoms with Crippen LogP contribution in [-0.4, -0.2) is 66.2 Å². The summed E-state index contributed by atoms with van der Waals surface area (Å²) in [6.07, 6.45) is 1.30. The number of piperidine rings is 1. The van der Waals surface area contributed by atoms with E-state index in [2.05, 4.69) is 5.32 Å². The van der Waals surface area contributed by atoms with Crippen LogP contribution in [0.5, 0.6) is 11.5 Å². The summed E-state index contributed by atoms with van der Waals surface area (Å²) in [5.74, 6) is 0.296. The van der Waals surface area contributed by atoms with E-state index in [1.165, 1.54) is 30.7 Å². The van der Waals surface area contributed by atoms with Gasteiger partial charge in [0.25, 0.3) is 0 Å². The van der Waals surface area contributed by atoms with Crippen LogP contribution in [-0.2, 0) is 19.6 Å². The Morgan fingerprint density at radius 3 is 2.62 bits per heavy atom. The highest BCUT2D eigenvalue weighted by Gasteiger charge is 2.33. The first kappa shape index (κ1) is 20.5. The van der Waals surface area contributed by atoms with Crippen LogP contribution in [0, 0.1) is 5.92 Å². The Hall–Kier alpha value is -1.84. The molecular weight excluding hydrogens is 360 g/mol. The summed E-state index contributed by atoms with van der Waals surface area (Å²) in [6.45, 7) is 1.38. The summed E-state index contributed by atoms with van der Waals surface area (Å²) in [4.78, 5) is 12.4. The zero-order chi connectivity index (χ0) is 19.2. The number of ether oxygens (including phenoxy) is 3. The van der Waals surface area contributed by atoms with Gasteiger partial charge in [-0.25, -0.2) is 8.42 Å². The molecule has 1 aromatic rings. The molecule has 26 heavy (non-hydrogen) atoms. The molecule has 9 heteroatoms. The number of nitrogens with zero attached hydrogens (tertiary/aromatic N) is 1. The quantitative estimate of drug-likeness (QED) is 0.666. The summed E-state index contributed by atoms with van der Waals surface area (Å²) in [5, 5.41) is 2.78. The Labute approximate surface area is 154 Å². The van der Waals surface area contributed by atoms with E-state index in [1.807, 2.05) is 0 Å². The smallest absolute Gasteiger partial charge is 0.243 e. The van der Waals surface area contributed by atoms with Gasteiger partial charge in [0.2, 0.25) is 15.9 Å². The van der Waals surface area contributed by atoms with Crippen LogP contribution < -0.4 is 14.8 Å². The summed E-state index contributed by atoms with van der Waals surface area (Å²) in [5.41, 5.74) is 0. The zero-order valence-electron chi connectivity index (χ0n) is 15.4. The van der Waals surface area contributed by atoms with E-state index >= 15 is 0 Å². The lowest BCUT2D eigenvalue weighted by Crippen LogP contribution is -2.45. The van der Waals surface area contributed by atoms with E-state index < -0.39 is 10.0 Å². The maximum absolute atomic E-state index is 13.0. The van der Waals surface area contributed by atoms with Crippen LogP contribution in [0.1, 0.15) is 12.8 Å². The molecule has 1 atom stereocenters. The van der Waals surface area contributed by atoms with Gasteiger partial charge in [0.05, 0.1) is 31.6 Å². The predicted octanol–water partition coefficient (Wildman–Crippen LogP) is 0.867. The fourth-order valence-corrected chi connectivity index (χ4v) is 4.46. The molecule has 0 aliphatic carbocycles. The average molecular weight is 386 g/mol. The van der Waals surface area contributed by atoms with Crippen LogP contribution in [0.4, 0.5) is 0 Å². The fourth-order valence-electron chi connectivity index (χ4n) is 2.92. The Kier molecular flexibility index (Phi) is 7.24. The second-order valence-corrected chi connectivity index (χ2v) is 7.94. The van der Waals surface area contributed by atoms with Crippen LogP contribution in [0.2, 0.25) is 0 Å². The van der Waals surface area contributed by atoms with Gasteiger partial charge in [0, 0.05) is 32.8 Å². The lowest BCUT2D eigenvalue weighted by atomic mass is 9.99. The lowest BCUT2D eigenvalue weighted by molar-refractivity contribution is -0.126. The van der Waals surface area contributed by atoms with Gasteiger partial charge < -0.3 is 19.5 Å². The minimum atomic E-state index is -3.72. The number of carbonyl (C=O) groups is 1. The van der Waals surface area contributed by atoms with Gasteiger partial charge in [0.15, 0.2) is 11.5 Å². The molecule has 1 fully saturated rings. The first-order chi connectivity index (χ1) is 12.4. The van der Waals surface area contributed by atoms with E-state index in [0.717, 1.165) is 0 Å². The molecule has 1 amide bonds. The van der Waals surface area contributed by atoms with Crippen molar-refractivity contribution in [1.29, 1.82) is 0 Å². The SMILES string of the molecule is COCCNC(=O)[C@@H]1CCCN(S(=O)(=O)c2ccc(OC)c(OC)c2)C1. The molecule has 1 aliphatic rings. The van der Waals surface area contributed by atoms with Gasteiger partial charge in [-0.3, -0.25) is 4.79 Å². The first-order valence-corrected chi connectivity index (χ1v) is 9.87. The minimum Gasteiger partial charge on any atom is -0.493 e. The van der Waals surface area contributed by atoms with E-state index in [-0.39, 0.29) is 23.3 Å². The van der Waals surface area contributed by atoms with E-state index in [1.54, 1.807) is 13.2 Å². The van der Waals surface area contributed by atoms with Crippen LogP contribution in [0.25, 0.3) is 0 Å². The molecule has 0 bridgehead atoms. The molecule has 8 nitrogen and oxygen atoms in total. The van der Waals surface area contributed by atoms with Gasteiger partial charge in [-0.15, -0.1) is 0 Å². The number of amides is 1. The van der Waals surface area contributed by atoms with E-state index in [9.17, 15) is 13.2 Å². The highest BCUT2D eigenvalue weighted by atomic mass is 32.2. The molecule has 0 unspecified atom stereocenters. The number of nitrogens with one attached hydrogen (secondary N) is 1. The highest BCUT2D eigenvalue weighted by molar-refractivity contribution is 7.89. The van der Waals surface area contributed by atoms with Gasteiger partial charge in [-0.05, 0) is 25.0 Å². The Balaban J connectivity index is 2.14. The molecule has 0 radical (unpaired) electrons. The lowest BCUT2D eigenvalue weighted by Gasteiger charge is -2.31. The van der Waals surface area contributed by atoms with Crippen molar-refractivity contribution in [2.45, 2.75) is 17.7 Å². The third kappa shape index (κ3) is 4.66. The summed E-state index contributed by atoms with van der Waals surface area (Å²) >= 11 is 0. The maximum atomic E-state index is 13.0. The number of rotatable bonds is 8. The van der Waals surface area contributed by atoms with Crippen molar-refractivity contribution in [3.8, 4) is 11.5 Å². The number of carbonyl (C=O) groups excluding carboxylic acids is 1. The molecule has 0 spiro atoms. The molecule has 2 rings (SSSR count). The van der Waals surface area contributed by atoms with E-state index in [4.69, 9.17) is 14.2 Å². The van der Waals surface area contributed by atoms with Crippen molar-refractivity contribution < 1.29 is 27.4 Å². The van der Waals surface area contributed by atoms with E-state index in [0.29, 0.717) is 44.0 Å². The summed E-state index contributed by atoms with van der Waals surface area (Å²) < 4.78 is 42.5. The highest BCUT2D eigenvalue weighted by Crippen LogP contribution is 2.32.